The molecule has 5 nitrogen and oxygen atoms in total. The number of amides is 1. The van der Waals surface area contributed by atoms with Crippen molar-refractivity contribution in [3.63, 3.8) is 0 Å². The molecule has 0 fully saturated rings. The Bertz CT molecular complexity index is 152. The van der Waals surface area contributed by atoms with Crippen molar-refractivity contribution in [1.82, 2.24) is 0 Å². The van der Waals surface area contributed by atoms with Gasteiger partial charge in [-0.3, -0.25) is 4.79 Å². The third-order valence-corrected chi connectivity index (χ3v) is 1.63. The average Bonchev–Trinajstić information content (AvgIpc) is 2.20. The van der Waals surface area contributed by atoms with Gasteiger partial charge >= 0.3 is 0 Å². The van der Waals surface area contributed by atoms with Crippen LogP contribution in [0, 0.1) is 0 Å². The normalized spacial score (nSPS) is 10.5. The van der Waals surface area contributed by atoms with E-state index in [0.29, 0.717) is 26.4 Å². The van der Waals surface area contributed by atoms with Gasteiger partial charge in [-0.15, -0.1) is 0 Å². The number of carbonyl (C=O) groups excluding carboxylic acids is 1. The summed E-state index contributed by atoms with van der Waals surface area (Å²) in [5.41, 5.74) is 4.88. The van der Waals surface area contributed by atoms with E-state index >= 15 is 0 Å². The third kappa shape index (κ3) is 13.3. The van der Waals surface area contributed by atoms with Gasteiger partial charge in [0, 0.05) is 6.61 Å². The maximum Gasteiger partial charge on any atom is 0.243 e. The van der Waals surface area contributed by atoms with Crippen LogP contribution >= 0.6 is 0 Å². The standard InChI is InChI=1S/C10H21NO4/c1-2-3-4-13-5-6-14-7-8-15-9-10(11)12/h2-9H2,1H3,(H2,11,12). The highest BCUT2D eigenvalue weighted by atomic mass is 16.5. The fraction of sp³-hybridized carbons (Fsp3) is 0.900. The second-order valence-electron chi connectivity index (χ2n) is 3.10. The van der Waals surface area contributed by atoms with E-state index < -0.39 is 5.91 Å². The number of rotatable bonds is 11. The van der Waals surface area contributed by atoms with Gasteiger partial charge in [-0.2, -0.15) is 0 Å². The largest absolute Gasteiger partial charge is 0.379 e. The summed E-state index contributed by atoms with van der Waals surface area (Å²) in [7, 11) is 0. The van der Waals surface area contributed by atoms with Gasteiger partial charge in [0.15, 0.2) is 0 Å². The molecule has 0 aliphatic rings. The molecule has 0 unspecified atom stereocenters. The van der Waals surface area contributed by atoms with E-state index in [1.54, 1.807) is 0 Å². The fourth-order valence-electron chi connectivity index (χ4n) is 0.859. The highest BCUT2D eigenvalue weighted by molar-refractivity contribution is 5.74. The lowest BCUT2D eigenvalue weighted by molar-refractivity contribution is -0.123. The number of hydrogen-bond acceptors (Lipinski definition) is 4. The van der Waals surface area contributed by atoms with Gasteiger partial charge in [0.2, 0.25) is 5.91 Å². The molecular weight excluding hydrogens is 198 g/mol. The first-order valence-corrected chi connectivity index (χ1v) is 5.29. The first-order valence-electron chi connectivity index (χ1n) is 5.29. The molecular formula is C10H21NO4. The molecule has 15 heavy (non-hydrogen) atoms. The minimum Gasteiger partial charge on any atom is -0.379 e. The Morgan fingerprint density at radius 3 is 2.07 bits per heavy atom. The van der Waals surface area contributed by atoms with E-state index in [9.17, 15) is 4.79 Å². The van der Waals surface area contributed by atoms with Gasteiger partial charge < -0.3 is 19.9 Å². The Morgan fingerprint density at radius 2 is 1.53 bits per heavy atom. The van der Waals surface area contributed by atoms with Gasteiger partial charge in [-0.05, 0) is 6.42 Å². The smallest absolute Gasteiger partial charge is 0.243 e. The summed E-state index contributed by atoms with van der Waals surface area (Å²) < 4.78 is 15.4. The zero-order valence-electron chi connectivity index (χ0n) is 9.37. The summed E-state index contributed by atoms with van der Waals surface area (Å²) in [6, 6.07) is 0. The van der Waals surface area contributed by atoms with E-state index in [2.05, 4.69) is 6.92 Å². The van der Waals surface area contributed by atoms with Crippen molar-refractivity contribution >= 4 is 5.91 Å². The molecule has 0 radical (unpaired) electrons. The first-order chi connectivity index (χ1) is 7.27. The molecule has 0 bridgehead atoms. The maximum atomic E-state index is 10.3. The second kappa shape index (κ2) is 11.4. The van der Waals surface area contributed by atoms with Gasteiger partial charge in [0.1, 0.15) is 6.61 Å². The Kier molecular flexibility index (Phi) is 10.9. The van der Waals surface area contributed by atoms with Crippen LogP contribution in [0.5, 0.6) is 0 Å². The molecule has 1 amide bonds. The second-order valence-corrected chi connectivity index (χ2v) is 3.10. The Balaban J connectivity index is 2.89. The molecule has 0 aliphatic carbocycles. The molecule has 0 aromatic carbocycles. The van der Waals surface area contributed by atoms with Crippen LogP contribution in [0.4, 0.5) is 0 Å². The van der Waals surface area contributed by atoms with Crippen molar-refractivity contribution in [3.05, 3.63) is 0 Å². The summed E-state index contributed by atoms with van der Waals surface area (Å²) in [4.78, 5) is 10.3. The zero-order valence-corrected chi connectivity index (χ0v) is 9.37. The van der Waals surface area contributed by atoms with Crippen LogP contribution in [0.3, 0.4) is 0 Å². The fourth-order valence-corrected chi connectivity index (χ4v) is 0.859. The lowest BCUT2D eigenvalue weighted by Crippen LogP contribution is -2.20. The Morgan fingerprint density at radius 1 is 1.00 bits per heavy atom. The van der Waals surface area contributed by atoms with Crippen molar-refractivity contribution in [2.45, 2.75) is 19.8 Å². The molecule has 0 aromatic heterocycles. The summed E-state index contributed by atoms with van der Waals surface area (Å²) in [6.45, 7) is 4.88. The monoisotopic (exact) mass is 219 g/mol. The lowest BCUT2D eigenvalue weighted by atomic mass is 10.4. The molecule has 0 atom stereocenters. The number of carbonyl (C=O) groups is 1. The van der Waals surface area contributed by atoms with Crippen molar-refractivity contribution in [3.8, 4) is 0 Å². The minimum absolute atomic E-state index is 0.0453. The summed E-state index contributed by atoms with van der Waals surface area (Å²) in [6.07, 6.45) is 2.23. The average molecular weight is 219 g/mol. The van der Waals surface area contributed by atoms with Crippen LogP contribution in [-0.2, 0) is 19.0 Å². The number of nitrogens with two attached hydrogens (primary N) is 1. The first kappa shape index (κ1) is 14.3. The van der Waals surface area contributed by atoms with Crippen LogP contribution in [0.2, 0.25) is 0 Å². The lowest BCUT2D eigenvalue weighted by Gasteiger charge is -2.05. The van der Waals surface area contributed by atoms with E-state index in [4.69, 9.17) is 19.9 Å². The van der Waals surface area contributed by atoms with Gasteiger partial charge in [0.05, 0.1) is 26.4 Å². The van der Waals surface area contributed by atoms with Crippen LogP contribution in [0.15, 0.2) is 0 Å². The highest BCUT2D eigenvalue weighted by Gasteiger charge is 1.94. The number of primary amides is 1. The summed E-state index contributed by atoms with van der Waals surface area (Å²) in [5.74, 6) is -0.460. The highest BCUT2D eigenvalue weighted by Crippen LogP contribution is 1.87. The van der Waals surface area contributed by atoms with E-state index in [0.717, 1.165) is 19.4 Å². The molecule has 90 valence electrons. The molecule has 0 aliphatic heterocycles. The third-order valence-electron chi connectivity index (χ3n) is 1.63. The van der Waals surface area contributed by atoms with Gasteiger partial charge in [-0.1, -0.05) is 13.3 Å². The van der Waals surface area contributed by atoms with E-state index in [1.165, 1.54) is 0 Å². The topological polar surface area (TPSA) is 70.8 Å². The molecule has 5 heteroatoms. The SMILES string of the molecule is CCCCOCCOCCOCC(N)=O. The molecule has 0 aromatic rings. The number of ether oxygens (including phenoxy) is 3. The van der Waals surface area contributed by atoms with Crippen LogP contribution < -0.4 is 5.73 Å². The van der Waals surface area contributed by atoms with Crippen LogP contribution in [0.1, 0.15) is 19.8 Å². The van der Waals surface area contributed by atoms with Gasteiger partial charge in [-0.25, -0.2) is 0 Å². The number of hydrogen-bond donors (Lipinski definition) is 1. The molecule has 0 saturated heterocycles. The van der Waals surface area contributed by atoms with E-state index in [1.807, 2.05) is 0 Å². The minimum atomic E-state index is -0.460. The molecule has 0 spiro atoms. The molecule has 0 heterocycles. The van der Waals surface area contributed by atoms with Crippen LogP contribution in [0.25, 0.3) is 0 Å². The zero-order chi connectivity index (χ0) is 11.4. The Hall–Kier alpha value is -0.650. The quantitative estimate of drug-likeness (QED) is 0.508. The summed E-state index contributed by atoms with van der Waals surface area (Å²) >= 11 is 0. The summed E-state index contributed by atoms with van der Waals surface area (Å²) in [5, 5.41) is 0. The van der Waals surface area contributed by atoms with Crippen LogP contribution in [-0.4, -0.2) is 45.5 Å². The van der Waals surface area contributed by atoms with Crippen molar-refractivity contribution in [2.75, 3.05) is 39.6 Å². The van der Waals surface area contributed by atoms with Crippen molar-refractivity contribution < 1.29 is 19.0 Å². The Labute approximate surface area is 90.9 Å². The predicted molar refractivity (Wildman–Crippen MR) is 56.6 cm³/mol. The molecule has 0 rings (SSSR count). The predicted octanol–water partition coefficient (Wildman–Crippen LogP) is 0.322. The molecule has 2 N–H and O–H groups in total. The maximum absolute atomic E-state index is 10.3. The van der Waals surface area contributed by atoms with Crippen molar-refractivity contribution in [1.29, 1.82) is 0 Å². The number of unbranched alkanes of at least 4 members (excludes halogenated alkanes) is 1. The van der Waals surface area contributed by atoms with Crippen molar-refractivity contribution in [2.24, 2.45) is 5.73 Å². The van der Waals surface area contributed by atoms with Gasteiger partial charge in [0.25, 0.3) is 0 Å². The molecule has 0 saturated carbocycles. The van der Waals surface area contributed by atoms with E-state index in [-0.39, 0.29) is 6.61 Å².